The van der Waals surface area contributed by atoms with Crippen molar-refractivity contribution in [3.63, 3.8) is 0 Å². The van der Waals surface area contributed by atoms with Crippen molar-refractivity contribution in [2.45, 2.75) is 5.75 Å². The Morgan fingerprint density at radius 2 is 2.07 bits per heavy atom. The summed E-state index contributed by atoms with van der Waals surface area (Å²) in [5, 5.41) is 1.09. The van der Waals surface area contributed by atoms with Crippen molar-refractivity contribution in [3.05, 3.63) is 29.8 Å². The van der Waals surface area contributed by atoms with E-state index in [1.165, 1.54) is 14.2 Å². The summed E-state index contributed by atoms with van der Waals surface area (Å²) in [6.45, 7) is 0. The molecule has 0 unspecified atom stereocenters. The van der Waals surface area contributed by atoms with Crippen LogP contribution < -0.4 is 5.06 Å². The predicted octanol–water partition coefficient (Wildman–Crippen LogP) is 2.25. The van der Waals surface area contributed by atoms with E-state index in [2.05, 4.69) is 17.4 Å². The fourth-order valence-electron chi connectivity index (χ4n) is 1.20. The number of hydrogen-bond donors (Lipinski definition) is 1. The van der Waals surface area contributed by atoms with Gasteiger partial charge in [-0.15, -0.1) is 0 Å². The van der Waals surface area contributed by atoms with Crippen LogP contribution in [0, 0.1) is 0 Å². The van der Waals surface area contributed by atoms with Gasteiger partial charge < -0.3 is 4.74 Å². The number of rotatable bonds is 3. The zero-order valence-corrected chi connectivity index (χ0v) is 9.53. The summed E-state index contributed by atoms with van der Waals surface area (Å²) < 4.78 is 4.59. The van der Waals surface area contributed by atoms with E-state index in [1.807, 2.05) is 18.2 Å². The molecule has 0 atom stereocenters. The molecule has 5 heteroatoms. The molecule has 1 amide bonds. The lowest BCUT2D eigenvalue weighted by Gasteiger charge is -2.20. The topological polar surface area (TPSA) is 38.8 Å². The lowest BCUT2D eigenvalue weighted by Crippen LogP contribution is -2.30. The third-order valence-electron chi connectivity index (χ3n) is 1.90. The first-order valence-corrected chi connectivity index (χ1v) is 4.98. The molecule has 1 aromatic rings. The second-order valence-corrected chi connectivity index (χ2v) is 3.05. The molecule has 15 heavy (non-hydrogen) atoms. The number of benzene rings is 1. The summed E-state index contributed by atoms with van der Waals surface area (Å²) >= 11 is 4.18. The van der Waals surface area contributed by atoms with Gasteiger partial charge in [-0.3, -0.25) is 4.84 Å². The predicted molar refractivity (Wildman–Crippen MR) is 61.0 cm³/mol. The van der Waals surface area contributed by atoms with Crippen LogP contribution in [-0.4, -0.2) is 20.3 Å². The van der Waals surface area contributed by atoms with E-state index in [1.54, 1.807) is 6.07 Å². The molecule has 0 aliphatic carbocycles. The van der Waals surface area contributed by atoms with Gasteiger partial charge in [0.1, 0.15) is 0 Å². The molecular weight excluding hydrogens is 214 g/mol. The van der Waals surface area contributed by atoms with Crippen molar-refractivity contribution in [1.82, 2.24) is 0 Å². The fourth-order valence-corrected chi connectivity index (χ4v) is 1.46. The third-order valence-corrected chi connectivity index (χ3v) is 2.24. The molecule has 0 aromatic heterocycles. The maximum absolute atomic E-state index is 11.4. The number of thiol groups is 1. The zero-order valence-electron chi connectivity index (χ0n) is 8.64. The highest BCUT2D eigenvalue weighted by Crippen LogP contribution is 2.22. The van der Waals surface area contributed by atoms with E-state index in [-0.39, 0.29) is 0 Å². The Morgan fingerprint density at radius 1 is 1.40 bits per heavy atom. The van der Waals surface area contributed by atoms with Crippen molar-refractivity contribution in [2.75, 3.05) is 19.3 Å². The Balaban J connectivity index is 3.05. The minimum absolute atomic E-state index is 0.521. The van der Waals surface area contributed by atoms with Crippen molar-refractivity contribution in [3.8, 4) is 0 Å². The summed E-state index contributed by atoms with van der Waals surface area (Å²) in [6.07, 6.45) is -0.563. The Hall–Kier alpha value is -1.20. The van der Waals surface area contributed by atoms with E-state index in [9.17, 15) is 4.79 Å². The van der Waals surface area contributed by atoms with Crippen LogP contribution in [0.3, 0.4) is 0 Å². The highest BCUT2D eigenvalue weighted by atomic mass is 32.1. The fraction of sp³-hybridized carbons (Fsp3) is 0.300. The molecule has 0 bridgehead atoms. The number of carbonyl (C=O) groups is 1. The zero-order chi connectivity index (χ0) is 11.3. The van der Waals surface area contributed by atoms with Gasteiger partial charge in [0, 0.05) is 5.75 Å². The number of carbonyl (C=O) groups excluding carboxylic acids is 1. The lowest BCUT2D eigenvalue weighted by molar-refractivity contribution is 0.115. The maximum atomic E-state index is 11.4. The van der Waals surface area contributed by atoms with Gasteiger partial charge in [-0.2, -0.15) is 17.7 Å². The molecule has 0 saturated carbocycles. The van der Waals surface area contributed by atoms with Crippen molar-refractivity contribution < 1.29 is 14.4 Å². The average molecular weight is 227 g/mol. The van der Waals surface area contributed by atoms with Gasteiger partial charge in [0.25, 0.3) is 0 Å². The lowest BCUT2D eigenvalue weighted by atomic mass is 10.2. The van der Waals surface area contributed by atoms with Gasteiger partial charge in [-0.25, -0.2) is 4.79 Å². The summed E-state index contributed by atoms with van der Waals surface area (Å²) in [5.41, 5.74) is 1.54. The van der Waals surface area contributed by atoms with E-state index in [0.29, 0.717) is 11.4 Å². The molecule has 0 heterocycles. The molecule has 82 valence electrons. The first-order chi connectivity index (χ1) is 7.24. The van der Waals surface area contributed by atoms with Gasteiger partial charge in [0.05, 0.1) is 19.9 Å². The molecule has 0 aliphatic heterocycles. The van der Waals surface area contributed by atoms with Crippen molar-refractivity contribution in [2.24, 2.45) is 0 Å². The molecular formula is C10H13NO3S. The molecule has 4 nitrogen and oxygen atoms in total. The molecule has 0 aliphatic rings. The Kier molecular flexibility index (Phi) is 4.45. The Bertz CT molecular complexity index is 343. The smallest absolute Gasteiger partial charge is 0.438 e. The van der Waals surface area contributed by atoms with Crippen molar-refractivity contribution in [1.29, 1.82) is 0 Å². The minimum atomic E-state index is -0.563. The van der Waals surface area contributed by atoms with Crippen molar-refractivity contribution >= 4 is 24.4 Å². The Labute approximate surface area is 94.1 Å². The second kappa shape index (κ2) is 5.63. The SMILES string of the molecule is COC(=O)N(OC)c1ccccc1CS. The third kappa shape index (κ3) is 2.64. The molecule has 0 saturated heterocycles. The van der Waals surface area contributed by atoms with E-state index >= 15 is 0 Å². The average Bonchev–Trinajstić information content (AvgIpc) is 2.30. The van der Waals surface area contributed by atoms with Gasteiger partial charge in [0.15, 0.2) is 0 Å². The molecule has 0 spiro atoms. The summed E-state index contributed by atoms with van der Waals surface area (Å²) in [5.74, 6) is 0.521. The standard InChI is InChI=1S/C10H13NO3S/c1-13-10(12)11(14-2)9-6-4-3-5-8(9)7-15/h3-6,15H,7H2,1-2H3. The number of methoxy groups -OCH3 is 1. The van der Waals surface area contributed by atoms with Crippen LogP contribution in [0.5, 0.6) is 0 Å². The summed E-state index contributed by atoms with van der Waals surface area (Å²) in [7, 11) is 2.71. The summed E-state index contributed by atoms with van der Waals surface area (Å²) in [6, 6.07) is 7.33. The van der Waals surface area contributed by atoms with Crippen LogP contribution in [0.15, 0.2) is 24.3 Å². The van der Waals surface area contributed by atoms with Crippen LogP contribution in [-0.2, 0) is 15.3 Å². The molecule has 0 N–H and O–H groups in total. The molecule has 0 radical (unpaired) electrons. The van der Waals surface area contributed by atoms with Crippen LogP contribution in [0.2, 0.25) is 0 Å². The Morgan fingerprint density at radius 3 is 2.60 bits per heavy atom. The largest absolute Gasteiger partial charge is 0.451 e. The van der Waals surface area contributed by atoms with Crippen LogP contribution in [0.4, 0.5) is 10.5 Å². The summed E-state index contributed by atoms with van der Waals surface area (Å²) in [4.78, 5) is 16.3. The quantitative estimate of drug-likeness (QED) is 0.636. The first-order valence-electron chi connectivity index (χ1n) is 4.35. The molecule has 1 aromatic carbocycles. The van der Waals surface area contributed by atoms with Crippen LogP contribution >= 0.6 is 12.6 Å². The molecule has 0 fully saturated rings. The number of nitrogens with zero attached hydrogens (tertiary/aromatic N) is 1. The second-order valence-electron chi connectivity index (χ2n) is 2.73. The monoisotopic (exact) mass is 227 g/mol. The van der Waals surface area contributed by atoms with Gasteiger partial charge in [-0.05, 0) is 11.6 Å². The normalized spacial score (nSPS) is 9.80. The number of anilines is 1. The number of hydrogen-bond acceptors (Lipinski definition) is 4. The van der Waals surface area contributed by atoms with Crippen LogP contribution in [0.25, 0.3) is 0 Å². The molecule has 1 rings (SSSR count). The minimum Gasteiger partial charge on any atom is -0.451 e. The van der Waals surface area contributed by atoms with Gasteiger partial charge >= 0.3 is 6.09 Å². The maximum Gasteiger partial charge on any atom is 0.438 e. The number of amides is 1. The number of ether oxygens (including phenoxy) is 1. The highest BCUT2D eigenvalue weighted by Gasteiger charge is 2.18. The van der Waals surface area contributed by atoms with E-state index < -0.39 is 6.09 Å². The van der Waals surface area contributed by atoms with Gasteiger partial charge in [0.2, 0.25) is 0 Å². The first kappa shape index (κ1) is 11.9. The van der Waals surface area contributed by atoms with Crippen LogP contribution in [0.1, 0.15) is 5.56 Å². The van der Waals surface area contributed by atoms with Gasteiger partial charge in [-0.1, -0.05) is 18.2 Å². The number of para-hydroxylation sites is 1. The number of hydroxylamine groups is 1. The highest BCUT2D eigenvalue weighted by molar-refractivity contribution is 7.79. The van der Waals surface area contributed by atoms with E-state index in [4.69, 9.17) is 4.84 Å². The van der Waals surface area contributed by atoms with E-state index in [0.717, 1.165) is 10.6 Å².